The first-order chi connectivity index (χ1) is 12.0. The number of piperazine rings is 1. The fourth-order valence-electron chi connectivity index (χ4n) is 3.83. The standard InChI is InChI=1S/C20H28N4O/c1-5-10-23-13-16(3)24(14-15(23)2)19(20-21-9-11-22(20)4)17-7-6-8-18(25)12-17/h5-9,11-12,15-16,19,25H,1,10,13-14H2,2-4H3/t15-,16+,19-/m1/s1. The number of benzene rings is 1. The summed E-state index contributed by atoms with van der Waals surface area (Å²) in [5.41, 5.74) is 1.07. The second kappa shape index (κ2) is 7.42. The molecule has 1 aromatic carbocycles. The Bertz CT molecular complexity index is 726. The second-order valence-corrected chi connectivity index (χ2v) is 7.03. The molecule has 1 aliphatic heterocycles. The highest BCUT2D eigenvalue weighted by Crippen LogP contribution is 2.33. The number of aromatic nitrogens is 2. The molecule has 1 aliphatic rings. The lowest BCUT2D eigenvalue weighted by atomic mass is 9.98. The maximum atomic E-state index is 9.99. The van der Waals surface area contributed by atoms with Crippen molar-refractivity contribution in [3.05, 3.63) is 60.7 Å². The van der Waals surface area contributed by atoms with Gasteiger partial charge in [0.25, 0.3) is 0 Å². The summed E-state index contributed by atoms with van der Waals surface area (Å²) >= 11 is 0. The molecule has 0 amide bonds. The minimum Gasteiger partial charge on any atom is -0.508 e. The van der Waals surface area contributed by atoms with E-state index < -0.39 is 0 Å². The molecular formula is C20H28N4O. The smallest absolute Gasteiger partial charge is 0.130 e. The van der Waals surface area contributed by atoms with Gasteiger partial charge in [0.2, 0.25) is 0 Å². The Morgan fingerprint density at radius 1 is 1.32 bits per heavy atom. The first-order valence-electron chi connectivity index (χ1n) is 8.88. The first-order valence-corrected chi connectivity index (χ1v) is 8.88. The van der Waals surface area contributed by atoms with Crippen LogP contribution in [-0.2, 0) is 7.05 Å². The Morgan fingerprint density at radius 2 is 2.12 bits per heavy atom. The van der Waals surface area contributed by atoms with Crippen molar-refractivity contribution in [2.24, 2.45) is 7.05 Å². The average molecular weight is 340 g/mol. The summed E-state index contributed by atoms with van der Waals surface area (Å²) in [5, 5.41) is 9.99. The van der Waals surface area contributed by atoms with Crippen molar-refractivity contribution < 1.29 is 5.11 Å². The van der Waals surface area contributed by atoms with Gasteiger partial charge >= 0.3 is 0 Å². The zero-order chi connectivity index (χ0) is 18.0. The van der Waals surface area contributed by atoms with Crippen LogP contribution in [0.4, 0.5) is 0 Å². The van der Waals surface area contributed by atoms with Crippen molar-refractivity contribution in [1.29, 1.82) is 0 Å². The summed E-state index contributed by atoms with van der Waals surface area (Å²) < 4.78 is 2.07. The number of phenols is 1. The third kappa shape index (κ3) is 3.62. The summed E-state index contributed by atoms with van der Waals surface area (Å²) in [4.78, 5) is 9.59. The Morgan fingerprint density at radius 3 is 2.76 bits per heavy atom. The van der Waals surface area contributed by atoms with Crippen LogP contribution in [0.2, 0.25) is 0 Å². The first kappa shape index (κ1) is 17.7. The van der Waals surface area contributed by atoms with E-state index >= 15 is 0 Å². The number of rotatable bonds is 5. The van der Waals surface area contributed by atoms with E-state index in [0.29, 0.717) is 17.8 Å². The molecule has 0 aliphatic carbocycles. The van der Waals surface area contributed by atoms with Gasteiger partial charge in [0.15, 0.2) is 0 Å². The number of hydrogen-bond donors (Lipinski definition) is 1. The maximum Gasteiger partial charge on any atom is 0.130 e. The van der Waals surface area contributed by atoms with Gasteiger partial charge in [0.1, 0.15) is 11.6 Å². The summed E-state index contributed by atoms with van der Waals surface area (Å²) in [5.74, 6) is 1.30. The molecule has 0 spiro atoms. The largest absolute Gasteiger partial charge is 0.508 e. The monoisotopic (exact) mass is 340 g/mol. The van der Waals surface area contributed by atoms with Gasteiger partial charge in [-0.2, -0.15) is 0 Å². The predicted octanol–water partition coefficient (Wildman–Crippen LogP) is 2.80. The van der Waals surface area contributed by atoms with E-state index in [1.54, 1.807) is 6.07 Å². The Labute approximate surface area is 150 Å². The van der Waals surface area contributed by atoms with Crippen LogP contribution < -0.4 is 0 Å². The van der Waals surface area contributed by atoms with Crippen molar-refractivity contribution in [2.75, 3.05) is 19.6 Å². The normalized spacial score (nSPS) is 23.5. The number of aryl methyl sites for hydroxylation is 1. The van der Waals surface area contributed by atoms with E-state index in [1.165, 1.54) is 0 Å². The summed E-state index contributed by atoms with van der Waals surface area (Å²) in [6.45, 7) is 11.3. The van der Waals surface area contributed by atoms with Crippen LogP contribution in [0.25, 0.3) is 0 Å². The van der Waals surface area contributed by atoms with Crippen LogP contribution in [0.3, 0.4) is 0 Å². The zero-order valence-corrected chi connectivity index (χ0v) is 15.3. The quantitative estimate of drug-likeness (QED) is 0.850. The Hall–Kier alpha value is -2.11. The molecule has 0 unspecified atom stereocenters. The van der Waals surface area contributed by atoms with E-state index in [-0.39, 0.29) is 6.04 Å². The van der Waals surface area contributed by atoms with Crippen LogP contribution in [0.5, 0.6) is 5.75 Å². The molecule has 1 aromatic heterocycles. The van der Waals surface area contributed by atoms with Gasteiger partial charge in [0.05, 0.1) is 6.04 Å². The van der Waals surface area contributed by atoms with E-state index in [9.17, 15) is 5.11 Å². The van der Waals surface area contributed by atoms with Crippen LogP contribution >= 0.6 is 0 Å². The van der Waals surface area contributed by atoms with E-state index in [4.69, 9.17) is 0 Å². The molecule has 2 heterocycles. The number of imidazole rings is 1. The van der Waals surface area contributed by atoms with Gasteiger partial charge in [-0.3, -0.25) is 9.80 Å². The lowest BCUT2D eigenvalue weighted by molar-refractivity contribution is 0.0278. The summed E-state index contributed by atoms with van der Waals surface area (Å²) in [6, 6.07) is 8.39. The third-order valence-corrected chi connectivity index (χ3v) is 5.15. The molecule has 0 bridgehead atoms. The molecule has 3 atom stereocenters. The van der Waals surface area contributed by atoms with Gasteiger partial charge in [-0.15, -0.1) is 6.58 Å². The molecule has 25 heavy (non-hydrogen) atoms. The van der Waals surface area contributed by atoms with Crippen LogP contribution in [-0.4, -0.2) is 56.2 Å². The molecule has 5 heteroatoms. The Balaban J connectivity index is 1.98. The molecule has 1 fully saturated rings. The van der Waals surface area contributed by atoms with Crippen molar-refractivity contribution >= 4 is 0 Å². The van der Waals surface area contributed by atoms with Gasteiger partial charge in [-0.25, -0.2) is 4.98 Å². The minimum atomic E-state index is 0.0235. The fraction of sp³-hybridized carbons (Fsp3) is 0.450. The average Bonchev–Trinajstić information content (AvgIpc) is 2.98. The van der Waals surface area contributed by atoms with Crippen molar-refractivity contribution in [2.45, 2.75) is 32.0 Å². The Kier molecular flexibility index (Phi) is 5.25. The fourth-order valence-corrected chi connectivity index (χ4v) is 3.83. The van der Waals surface area contributed by atoms with Crippen molar-refractivity contribution in [3.63, 3.8) is 0 Å². The number of nitrogens with zero attached hydrogens (tertiary/aromatic N) is 4. The summed E-state index contributed by atoms with van der Waals surface area (Å²) in [6.07, 6.45) is 5.80. The molecule has 2 aromatic rings. The highest BCUT2D eigenvalue weighted by molar-refractivity contribution is 5.33. The van der Waals surface area contributed by atoms with Crippen LogP contribution in [0.15, 0.2) is 49.3 Å². The van der Waals surface area contributed by atoms with E-state index in [0.717, 1.165) is 31.0 Å². The van der Waals surface area contributed by atoms with Gasteiger partial charge in [-0.1, -0.05) is 18.2 Å². The van der Waals surface area contributed by atoms with Crippen LogP contribution in [0, 0.1) is 0 Å². The highest BCUT2D eigenvalue weighted by Gasteiger charge is 2.35. The number of aromatic hydroxyl groups is 1. The SMILES string of the molecule is C=CCN1C[C@H](C)N([C@H](c2cccc(O)c2)c2nccn2C)C[C@H]1C. The molecule has 0 radical (unpaired) electrons. The lowest BCUT2D eigenvalue weighted by Gasteiger charge is -2.47. The van der Waals surface area contributed by atoms with Gasteiger partial charge < -0.3 is 9.67 Å². The van der Waals surface area contributed by atoms with Gasteiger partial charge in [0, 0.05) is 51.2 Å². The molecular weight excluding hydrogens is 312 g/mol. The van der Waals surface area contributed by atoms with E-state index in [2.05, 4.69) is 45.8 Å². The zero-order valence-electron chi connectivity index (χ0n) is 15.3. The predicted molar refractivity (Wildman–Crippen MR) is 101 cm³/mol. The highest BCUT2D eigenvalue weighted by atomic mass is 16.3. The summed E-state index contributed by atoms with van der Waals surface area (Å²) in [7, 11) is 2.03. The van der Waals surface area contributed by atoms with Crippen molar-refractivity contribution in [1.82, 2.24) is 19.4 Å². The molecule has 1 saturated heterocycles. The minimum absolute atomic E-state index is 0.0235. The van der Waals surface area contributed by atoms with E-state index in [1.807, 2.05) is 37.7 Å². The topological polar surface area (TPSA) is 44.5 Å². The number of hydrogen-bond acceptors (Lipinski definition) is 4. The molecule has 3 rings (SSSR count). The molecule has 5 nitrogen and oxygen atoms in total. The lowest BCUT2D eigenvalue weighted by Crippen LogP contribution is -2.57. The van der Waals surface area contributed by atoms with Crippen LogP contribution in [0.1, 0.15) is 31.3 Å². The molecule has 1 N–H and O–H groups in total. The van der Waals surface area contributed by atoms with Crippen molar-refractivity contribution in [3.8, 4) is 5.75 Å². The number of phenolic OH excluding ortho intramolecular Hbond substituents is 1. The van der Waals surface area contributed by atoms with Gasteiger partial charge in [-0.05, 0) is 31.5 Å². The third-order valence-electron chi connectivity index (χ3n) is 5.15. The molecule has 0 saturated carbocycles. The maximum absolute atomic E-state index is 9.99. The molecule has 134 valence electrons. The second-order valence-electron chi connectivity index (χ2n) is 7.03.